The standard InChI is InChI=1S/C21H22ClN3O4S2/c1-13(2)25-18-8-5-14(11-19(18)30-21(25)27)23-20(26)16-12-15(6-7-17(16)22)31(28,29)24-9-3-4-10-24/h5-8,11-13H,3-4,9-10H2,1-2H3,(H,23,26). The largest absolute Gasteiger partial charge is 0.322 e. The van der Waals surface area contributed by atoms with Crippen LogP contribution in [0.1, 0.15) is 43.1 Å². The molecule has 0 spiro atoms. The molecule has 0 saturated carbocycles. The number of hydrogen-bond acceptors (Lipinski definition) is 5. The summed E-state index contributed by atoms with van der Waals surface area (Å²) in [5.74, 6) is -0.515. The molecule has 7 nitrogen and oxygen atoms in total. The molecule has 1 saturated heterocycles. The summed E-state index contributed by atoms with van der Waals surface area (Å²) < 4.78 is 29.6. The molecular weight excluding hydrogens is 458 g/mol. The van der Waals surface area contributed by atoms with E-state index in [9.17, 15) is 18.0 Å². The first-order chi connectivity index (χ1) is 14.7. The Kier molecular flexibility index (Phi) is 5.95. The molecule has 4 rings (SSSR count). The van der Waals surface area contributed by atoms with Crippen molar-refractivity contribution >= 4 is 54.8 Å². The van der Waals surface area contributed by atoms with Gasteiger partial charge in [-0.2, -0.15) is 4.31 Å². The van der Waals surface area contributed by atoms with Gasteiger partial charge in [-0.3, -0.25) is 14.2 Å². The summed E-state index contributed by atoms with van der Waals surface area (Å²) in [6.07, 6.45) is 1.65. The minimum Gasteiger partial charge on any atom is -0.322 e. The zero-order valence-electron chi connectivity index (χ0n) is 17.1. The number of thiazole rings is 1. The summed E-state index contributed by atoms with van der Waals surface area (Å²) in [6, 6.07) is 9.43. The van der Waals surface area contributed by atoms with Crippen LogP contribution in [0.5, 0.6) is 0 Å². The number of hydrogen-bond donors (Lipinski definition) is 1. The second-order valence-corrected chi connectivity index (χ2v) is 11.1. The number of benzene rings is 2. The average molecular weight is 480 g/mol. The Morgan fingerprint density at radius 1 is 1.13 bits per heavy atom. The van der Waals surface area contributed by atoms with Crippen LogP contribution in [0.4, 0.5) is 5.69 Å². The molecule has 1 N–H and O–H groups in total. The maximum Gasteiger partial charge on any atom is 0.308 e. The van der Waals surface area contributed by atoms with Crippen molar-refractivity contribution in [2.45, 2.75) is 37.6 Å². The van der Waals surface area contributed by atoms with Crippen LogP contribution >= 0.6 is 22.9 Å². The van der Waals surface area contributed by atoms with Crippen LogP contribution in [-0.2, 0) is 10.0 Å². The third-order valence-electron chi connectivity index (χ3n) is 5.27. The first-order valence-corrected chi connectivity index (χ1v) is 12.6. The van der Waals surface area contributed by atoms with E-state index in [1.54, 1.807) is 22.8 Å². The molecule has 1 amide bonds. The second-order valence-electron chi connectivity index (χ2n) is 7.72. The number of carbonyl (C=O) groups is 1. The van der Waals surface area contributed by atoms with Crippen molar-refractivity contribution in [3.63, 3.8) is 0 Å². The highest BCUT2D eigenvalue weighted by molar-refractivity contribution is 7.89. The average Bonchev–Trinajstić information content (AvgIpc) is 3.35. The quantitative estimate of drug-likeness (QED) is 0.589. The summed E-state index contributed by atoms with van der Waals surface area (Å²) in [5, 5.41) is 2.92. The summed E-state index contributed by atoms with van der Waals surface area (Å²) >= 11 is 7.32. The smallest absolute Gasteiger partial charge is 0.308 e. The lowest BCUT2D eigenvalue weighted by atomic mass is 10.2. The van der Waals surface area contributed by atoms with E-state index in [2.05, 4.69) is 5.32 Å². The Labute approximate surface area is 189 Å². The van der Waals surface area contributed by atoms with Crippen molar-refractivity contribution in [3.05, 3.63) is 56.7 Å². The molecule has 1 aromatic heterocycles. The lowest BCUT2D eigenvalue weighted by molar-refractivity contribution is 0.102. The summed E-state index contributed by atoms with van der Waals surface area (Å²) in [4.78, 5) is 25.1. The molecule has 3 aromatic rings. The second kappa shape index (κ2) is 8.38. The molecule has 1 aliphatic heterocycles. The van der Waals surface area contributed by atoms with E-state index in [0.717, 1.165) is 34.4 Å². The monoisotopic (exact) mass is 479 g/mol. The Bertz CT molecular complexity index is 1320. The third kappa shape index (κ3) is 4.15. The first-order valence-electron chi connectivity index (χ1n) is 9.94. The highest BCUT2D eigenvalue weighted by atomic mass is 35.5. The zero-order chi connectivity index (χ0) is 22.3. The summed E-state index contributed by atoms with van der Waals surface area (Å²) in [7, 11) is -3.66. The molecule has 1 aliphatic rings. The summed E-state index contributed by atoms with van der Waals surface area (Å²) in [6.45, 7) is 4.83. The minimum atomic E-state index is -3.66. The molecular formula is C21H22ClN3O4S2. The predicted molar refractivity (Wildman–Crippen MR) is 124 cm³/mol. The fourth-order valence-corrected chi connectivity index (χ4v) is 6.52. The number of aromatic nitrogens is 1. The van der Waals surface area contributed by atoms with Gasteiger partial charge in [-0.15, -0.1) is 0 Å². The number of rotatable bonds is 5. The van der Waals surface area contributed by atoms with Crippen LogP contribution in [0.3, 0.4) is 0 Å². The Morgan fingerprint density at radius 2 is 1.84 bits per heavy atom. The minimum absolute atomic E-state index is 0.0285. The van der Waals surface area contributed by atoms with E-state index in [1.165, 1.54) is 22.5 Å². The maximum atomic E-state index is 12.9. The van der Waals surface area contributed by atoms with Crippen molar-refractivity contribution in [2.24, 2.45) is 0 Å². The van der Waals surface area contributed by atoms with Crippen molar-refractivity contribution in [1.82, 2.24) is 8.87 Å². The molecule has 0 unspecified atom stereocenters. The van der Waals surface area contributed by atoms with Gasteiger partial charge >= 0.3 is 4.87 Å². The molecule has 2 aromatic carbocycles. The Balaban J connectivity index is 1.63. The van der Waals surface area contributed by atoms with Crippen LogP contribution in [0.2, 0.25) is 5.02 Å². The number of halogens is 1. The highest BCUT2D eigenvalue weighted by Crippen LogP contribution is 2.28. The van der Waals surface area contributed by atoms with Crippen molar-refractivity contribution in [3.8, 4) is 0 Å². The molecule has 2 heterocycles. The van der Waals surface area contributed by atoms with Gasteiger partial charge in [0.15, 0.2) is 0 Å². The van der Waals surface area contributed by atoms with Crippen molar-refractivity contribution < 1.29 is 13.2 Å². The SMILES string of the molecule is CC(C)n1c(=O)sc2cc(NC(=O)c3cc(S(=O)(=O)N4CCCC4)ccc3Cl)ccc21. The molecule has 31 heavy (non-hydrogen) atoms. The molecule has 0 bridgehead atoms. The number of nitrogens with one attached hydrogen (secondary N) is 1. The molecule has 0 aliphatic carbocycles. The van der Waals surface area contributed by atoms with E-state index in [4.69, 9.17) is 11.6 Å². The van der Waals surface area contributed by atoms with Gasteiger partial charge < -0.3 is 5.32 Å². The Hall–Kier alpha value is -2.20. The first kappa shape index (κ1) is 22.0. The fraction of sp³-hybridized carbons (Fsp3) is 0.333. The van der Waals surface area contributed by atoms with Gasteiger partial charge in [0.25, 0.3) is 5.91 Å². The van der Waals surface area contributed by atoms with Crippen LogP contribution in [0.25, 0.3) is 10.2 Å². The van der Waals surface area contributed by atoms with Crippen LogP contribution in [0, 0.1) is 0 Å². The van der Waals surface area contributed by atoms with Gasteiger partial charge in [-0.1, -0.05) is 22.9 Å². The molecule has 164 valence electrons. The number of fused-ring (bicyclic) bond motifs is 1. The maximum absolute atomic E-state index is 12.9. The molecule has 1 fully saturated rings. The van der Waals surface area contributed by atoms with Gasteiger partial charge in [0.2, 0.25) is 10.0 Å². The number of anilines is 1. The van der Waals surface area contributed by atoms with Gasteiger partial charge in [-0.25, -0.2) is 8.42 Å². The molecule has 0 radical (unpaired) electrons. The van der Waals surface area contributed by atoms with Crippen LogP contribution in [0.15, 0.2) is 46.1 Å². The Morgan fingerprint density at radius 3 is 2.52 bits per heavy atom. The third-order valence-corrected chi connectivity index (χ3v) is 8.42. The van der Waals surface area contributed by atoms with Crippen molar-refractivity contribution in [2.75, 3.05) is 18.4 Å². The van der Waals surface area contributed by atoms with E-state index in [-0.39, 0.29) is 26.4 Å². The van der Waals surface area contributed by atoms with Gasteiger partial charge in [0.05, 0.1) is 25.7 Å². The lowest BCUT2D eigenvalue weighted by Crippen LogP contribution is -2.28. The van der Waals surface area contributed by atoms with Gasteiger partial charge in [0.1, 0.15) is 0 Å². The van der Waals surface area contributed by atoms with E-state index in [0.29, 0.717) is 18.8 Å². The highest BCUT2D eigenvalue weighted by Gasteiger charge is 2.28. The molecule has 0 atom stereocenters. The van der Waals surface area contributed by atoms with Crippen LogP contribution in [-0.4, -0.2) is 36.3 Å². The number of sulfonamides is 1. The topological polar surface area (TPSA) is 88.5 Å². The number of amides is 1. The van der Waals surface area contributed by atoms with Gasteiger partial charge in [0, 0.05) is 24.8 Å². The molecule has 10 heteroatoms. The predicted octanol–water partition coefficient (Wildman–Crippen LogP) is 4.33. The van der Waals surface area contributed by atoms with E-state index < -0.39 is 15.9 Å². The summed E-state index contributed by atoms with van der Waals surface area (Å²) in [5.41, 5.74) is 1.38. The van der Waals surface area contributed by atoms with E-state index >= 15 is 0 Å². The van der Waals surface area contributed by atoms with E-state index in [1.807, 2.05) is 13.8 Å². The normalized spacial score (nSPS) is 15.1. The number of nitrogens with zero attached hydrogens (tertiary/aromatic N) is 2. The zero-order valence-corrected chi connectivity index (χ0v) is 19.5. The fourth-order valence-electron chi connectivity index (χ4n) is 3.72. The van der Waals surface area contributed by atoms with Crippen LogP contribution < -0.4 is 10.2 Å². The van der Waals surface area contributed by atoms with Crippen molar-refractivity contribution in [1.29, 1.82) is 0 Å². The lowest BCUT2D eigenvalue weighted by Gasteiger charge is -2.16. The van der Waals surface area contributed by atoms with Gasteiger partial charge in [-0.05, 0) is 63.1 Å². The number of carbonyl (C=O) groups excluding carboxylic acids is 1.